The second-order valence-corrected chi connectivity index (χ2v) is 5.19. The highest BCUT2D eigenvalue weighted by Crippen LogP contribution is 2.32. The second-order valence-electron chi connectivity index (χ2n) is 5.19. The van der Waals surface area contributed by atoms with E-state index in [1.54, 1.807) is 0 Å². The number of hydrogen-bond donors (Lipinski definition) is 1. The fraction of sp³-hybridized carbons (Fsp3) is 0.923. The van der Waals surface area contributed by atoms with Crippen LogP contribution in [0.4, 0.5) is 0 Å². The van der Waals surface area contributed by atoms with Gasteiger partial charge in [-0.3, -0.25) is 9.69 Å². The molecule has 4 heteroatoms. The molecule has 4 nitrogen and oxygen atoms in total. The lowest BCUT2D eigenvalue weighted by Crippen LogP contribution is -2.51. The molecule has 1 aliphatic heterocycles. The third-order valence-corrected chi connectivity index (χ3v) is 4.19. The molecular formula is C13H23NO3. The normalized spacial score (nSPS) is 32.5. The standard InChI is InChI=1S/C13H23NO3/c1-2-11(13(15)16)14-7-8-17-9-10-5-3-4-6-12(10)14/h10-12H,2-9H2,1H3,(H,15,16)/t10-,11-,12-/m1/s1. The zero-order valence-electron chi connectivity index (χ0n) is 10.6. The van der Waals surface area contributed by atoms with Crippen LogP contribution < -0.4 is 0 Å². The first-order chi connectivity index (χ1) is 8.24. The Morgan fingerprint density at radius 3 is 2.94 bits per heavy atom. The van der Waals surface area contributed by atoms with Crippen LogP contribution in [0.15, 0.2) is 0 Å². The molecule has 17 heavy (non-hydrogen) atoms. The molecule has 3 atom stereocenters. The minimum atomic E-state index is -0.682. The summed E-state index contributed by atoms with van der Waals surface area (Å²) in [4.78, 5) is 13.5. The number of ether oxygens (including phenoxy) is 1. The van der Waals surface area contributed by atoms with Gasteiger partial charge in [0.25, 0.3) is 0 Å². The summed E-state index contributed by atoms with van der Waals surface area (Å²) in [5.41, 5.74) is 0. The lowest BCUT2D eigenvalue weighted by atomic mass is 9.83. The van der Waals surface area contributed by atoms with E-state index < -0.39 is 5.97 Å². The van der Waals surface area contributed by atoms with Crippen molar-refractivity contribution in [2.24, 2.45) is 5.92 Å². The molecule has 2 rings (SSSR count). The van der Waals surface area contributed by atoms with Gasteiger partial charge in [-0.1, -0.05) is 19.8 Å². The summed E-state index contributed by atoms with van der Waals surface area (Å²) in [7, 11) is 0. The van der Waals surface area contributed by atoms with E-state index in [1.807, 2.05) is 6.92 Å². The summed E-state index contributed by atoms with van der Waals surface area (Å²) < 4.78 is 5.63. The molecule has 0 aromatic rings. The zero-order valence-corrected chi connectivity index (χ0v) is 10.6. The molecule has 1 aliphatic carbocycles. The summed E-state index contributed by atoms with van der Waals surface area (Å²) >= 11 is 0. The SMILES string of the molecule is CC[C@H](C(=O)O)N1CCOC[C@H]2CCCC[C@H]21. The van der Waals surface area contributed by atoms with Gasteiger partial charge in [-0.15, -0.1) is 0 Å². The first-order valence-electron chi connectivity index (χ1n) is 6.80. The molecule has 98 valence electrons. The number of hydrogen-bond acceptors (Lipinski definition) is 3. The van der Waals surface area contributed by atoms with Crippen molar-refractivity contribution < 1.29 is 14.6 Å². The summed E-state index contributed by atoms with van der Waals surface area (Å²) in [6.45, 7) is 4.22. The highest BCUT2D eigenvalue weighted by molar-refractivity contribution is 5.73. The van der Waals surface area contributed by atoms with Gasteiger partial charge in [-0.25, -0.2) is 0 Å². The first-order valence-corrected chi connectivity index (χ1v) is 6.80. The predicted molar refractivity (Wildman–Crippen MR) is 65.0 cm³/mol. The third-order valence-electron chi connectivity index (χ3n) is 4.19. The average Bonchev–Trinajstić information content (AvgIpc) is 2.53. The van der Waals surface area contributed by atoms with Crippen LogP contribution in [0.5, 0.6) is 0 Å². The van der Waals surface area contributed by atoms with Crippen molar-refractivity contribution in [3.05, 3.63) is 0 Å². The van der Waals surface area contributed by atoms with Crippen molar-refractivity contribution in [3.8, 4) is 0 Å². The Morgan fingerprint density at radius 2 is 2.24 bits per heavy atom. The summed E-state index contributed by atoms with van der Waals surface area (Å²) in [5.74, 6) is -0.140. The predicted octanol–water partition coefficient (Wildman–Crippen LogP) is 1.74. The van der Waals surface area contributed by atoms with E-state index in [2.05, 4.69) is 4.90 Å². The van der Waals surface area contributed by atoms with E-state index in [9.17, 15) is 9.90 Å². The topological polar surface area (TPSA) is 49.8 Å². The quantitative estimate of drug-likeness (QED) is 0.817. The van der Waals surface area contributed by atoms with Gasteiger partial charge in [0.2, 0.25) is 0 Å². The van der Waals surface area contributed by atoms with Crippen molar-refractivity contribution >= 4 is 5.97 Å². The molecule has 0 unspecified atom stereocenters. The number of aliphatic carboxylic acids is 1. The van der Waals surface area contributed by atoms with Crippen molar-refractivity contribution in [3.63, 3.8) is 0 Å². The second kappa shape index (κ2) is 5.83. The maximum atomic E-state index is 11.3. The van der Waals surface area contributed by atoms with E-state index in [0.717, 1.165) is 19.6 Å². The van der Waals surface area contributed by atoms with Crippen LogP contribution in [-0.2, 0) is 9.53 Å². The summed E-state index contributed by atoms with van der Waals surface area (Å²) in [6.07, 6.45) is 5.50. The molecule has 0 aromatic carbocycles. The molecule has 0 amide bonds. The number of carboxylic acid groups (broad SMARTS) is 1. The van der Waals surface area contributed by atoms with Gasteiger partial charge in [0.15, 0.2) is 0 Å². The Bertz CT molecular complexity index is 269. The van der Waals surface area contributed by atoms with Crippen molar-refractivity contribution in [1.29, 1.82) is 0 Å². The largest absolute Gasteiger partial charge is 0.480 e. The Morgan fingerprint density at radius 1 is 1.47 bits per heavy atom. The summed E-state index contributed by atoms with van der Waals surface area (Å²) in [6, 6.07) is 0.0922. The van der Waals surface area contributed by atoms with Crippen LogP contribution in [-0.4, -0.2) is 47.8 Å². The minimum Gasteiger partial charge on any atom is -0.480 e. The molecule has 0 radical (unpaired) electrons. The van der Waals surface area contributed by atoms with E-state index in [0.29, 0.717) is 25.0 Å². The average molecular weight is 241 g/mol. The molecule has 1 saturated heterocycles. The van der Waals surface area contributed by atoms with Gasteiger partial charge in [0.05, 0.1) is 13.2 Å². The number of carboxylic acids is 1. The van der Waals surface area contributed by atoms with Crippen LogP contribution in [0.2, 0.25) is 0 Å². The van der Waals surface area contributed by atoms with Gasteiger partial charge in [-0.05, 0) is 25.2 Å². The van der Waals surface area contributed by atoms with E-state index in [4.69, 9.17) is 4.74 Å². The molecule has 0 bridgehead atoms. The Hall–Kier alpha value is -0.610. The smallest absolute Gasteiger partial charge is 0.320 e. The fourth-order valence-electron chi connectivity index (χ4n) is 3.33. The number of fused-ring (bicyclic) bond motifs is 1. The number of carbonyl (C=O) groups is 1. The van der Waals surface area contributed by atoms with Crippen molar-refractivity contribution in [2.75, 3.05) is 19.8 Å². The van der Waals surface area contributed by atoms with Crippen molar-refractivity contribution in [2.45, 2.75) is 51.1 Å². The number of nitrogens with zero attached hydrogens (tertiary/aromatic N) is 1. The molecule has 0 aromatic heterocycles. The molecular weight excluding hydrogens is 218 g/mol. The van der Waals surface area contributed by atoms with Gasteiger partial charge >= 0.3 is 5.97 Å². The van der Waals surface area contributed by atoms with Crippen LogP contribution in [0, 0.1) is 5.92 Å². The fourth-order valence-corrected chi connectivity index (χ4v) is 3.33. The third kappa shape index (κ3) is 2.80. The molecule has 1 saturated carbocycles. The Balaban J connectivity index is 2.14. The van der Waals surface area contributed by atoms with Gasteiger partial charge in [0, 0.05) is 12.6 Å². The number of rotatable bonds is 3. The van der Waals surface area contributed by atoms with Gasteiger partial charge in [-0.2, -0.15) is 0 Å². The van der Waals surface area contributed by atoms with Crippen LogP contribution in [0.1, 0.15) is 39.0 Å². The minimum absolute atomic E-state index is 0.331. The van der Waals surface area contributed by atoms with E-state index >= 15 is 0 Å². The Labute approximate surface area is 103 Å². The molecule has 2 aliphatic rings. The van der Waals surface area contributed by atoms with Crippen LogP contribution in [0.3, 0.4) is 0 Å². The molecule has 1 heterocycles. The lowest BCUT2D eigenvalue weighted by molar-refractivity contribution is -0.145. The first kappa shape index (κ1) is 12.8. The van der Waals surface area contributed by atoms with Crippen LogP contribution >= 0.6 is 0 Å². The lowest BCUT2D eigenvalue weighted by Gasteiger charge is -2.40. The van der Waals surface area contributed by atoms with Crippen molar-refractivity contribution in [1.82, 2.24) is 4.90 Å². The van der Waals surface area contributed by atoms with E-state index in [1.165, 1.54) is 19.3 Å². The van der Waals surface area contributed by atoms with E-state index in [-0.39, 0.29) is 6.04 Å². The molecule has 1 N–H and O–H groups in total. The molecule has 2 fully saturated rings. The maximum absolute atomic E-state index is 11.3. The summed E-state index contributed by atoms with van der Waals surface area (Å²) in [5, 5.41) is 9.33. The van der Waals surface area contributed by atoms with Gasteiger partial charge < -0.3 is 9.84 Å². The van der Waals surface area contributed by atoms with Crippen LogP contribution in [0.25, 0.3) is 0 Å². The monoisotopic (exact) mass is 241 g/mol. The zero-order chi connectivity index (χ0) is 12.3. The maximum Gasteiger partial charge on any atom is 0.320 e. The van der Waals surface area contributed by atoms with Gasteiger partial charge in [0.1, 0.15) is 6.04 Å². The molecule has 0 spiro atoms. The Kier molecular flexibility index (Phi) is 4.40. The highest BCUT2D eigenvalue weighted by atomic mass is 16.5. The highest BCUT2D eigenvalue weighted by Gasteiger charge is 2.37.